The van der Waals surface area contributed by atoms with Gasteiger partial charge in [0.15, 0.2) is 0 Å². The largest absolute Gasteiger partial charge is 0.396 e. The van der Waals surface area contributed by atoms with Crippen molar-refractivity contribution in [2.75, 3.05) is 32.8 Å². The highest BCUT2D eigenvalue weighted by Crippen LogP contribution is 2.43. The summed E-state index contributed by atoms with van der Waals surface area (Å²) in [6, 6.07) is 0. The first-order valence-electron chi connectivity index (χ1n) is 9.01. The second kappa shape index (κ2) is 6.58. The van der Waals surface area contributed by atoms with E-state index in [9.17, 15) is 14.7 Å². The zero-order valence-corrected chi connectivity index (χ0v) is 15.4. The van der Waals surface area contributed by atoms with Crippen molar-refractivity contribution in [1.82, 2.24) is 24.9 Å². The fourth-order valence-corrected chi connectivity index (χ4v) is 4.36. The molecule has 2 aromatic heterocycles. The van der Waals surface area contributed by atoms with Gasteiger partial charge in [0, 0.05) is 49.9 Å². The topological polar surface area (TPSA) is 116 Å². The molecule has 2 unspecified atom stereocenters. The van der Waals surface area contributed by atoms with Gasteiger partial charge in [-0.25, -0.2) is 4.98 Å². The summed E-state index contributed by atoms with van der Waals surface area (Å²) in [6.07, 6.45) is 2.45. The van der Waals surface area contributed by atoms with Crippen LogP contribution in [0.4, 0.5) is 0 Å². The molecule has 27 heavy (non-hydrogen) atoms. The smallest absolute Gasteiger partial charge is 0.273 e. The number of aliphatic hydroxyl groups is 1. The van der Waals surface area contributed by atoms with Crippen LogP contribution >= 0.6 is 0 Å². The Morgan fingerprint density at radius 3 is 2.81 bits per heavy atom. The second-order valence-electron chi connectivity index (χ2n) is 7.67. The molecule has 9 heteroatoms. The maximum atomic E-state index is 12.7. The minimum atomic E-state index is -0.341. The highest BCUT2D eigenvalue weighted by Gasteiger charge is 2.53. The van der Waals surface area contributed by atoms with Crippen LogP contribution in [0.3, 0.4) is 0 Å². The van der Waals surface area contributed by atoms with Gasteiger partial charge in [-0.15, -0.1) is 0 Å². The lowest BCUT2D eigenvalue weighted by Crippen LogP contribution is -2.39. The lowest BCUT2D eigenvalue weighted by atomic mass is 9.82. The molecule has 2 atom stereocenters. The Hall–Kier alpha value is -2.52. The first-order valence-corrected chi connectivity index (χ1v) is 9.01. The molecule has 1 amide bonds. The summed E-state index contributed by atoms with van der Waals surface area (Å²) >= 11 is 0. The maximum absolute atomic E-state index is 12.7. The van der Waals surface area contributed by atoms with Crippen molar-refractivity contribution >= 4 is 5.91 Å². The number of rotatable bonds is 4. The number of aromatic amines is 1. The molecule has 2 saturated heterocycles. The van der Waals surface area contributed by atoms with Crippen molar-refractivity contribution in [2.24, 2.45) is 11.3 Å². The molecular weight excluding hydrogens is 350 g/mol. The first-order chi connectivity index (χ1) is 12.9. The molecular formula is C18H23N5O4. The summed E-state index contributed by atoms with van der Waals surface area (Å²) in [5, 5.41) is 14.1. The third kappa shape index (κ3) is 3.06. The number of nitrogens with zero attached hydrogens (tertiary/aromatic N) is 4. The van der Waals surface area contributed by atoms with E-state index in [-0.39, 0.29) is 35.1 Å². The Morgan fingerprint density at radius 2 is 2.22 bits per heavy atom. The van der Waals surface area contributed by atoms with Crippen LogP contribution in [0.5, 0.6) is 0 Å². The molecule has 0 aromatic carbocycles. The molecule has 0 bridgehead atoms. The number of likely N-dealkylation sites (tertiary alicyclic amines) is 2. The average molecular weight is 373 g/mol. The quantitative estimate of drug-likeness (QED) is 0.771. The van der Waals surface area contributed by atoms with E-state index in [1.807, 2.05) is 13.8 Å². The van der Waals surface area contributed by atoms with Gasteiger partial charge in [0.1, 0.15) is 11.5 Å². The van der Waals surface area contributed by atoms with E-state index in [0.29, 0.717) is 19.6 Å². The highest BCUT2D eigenvalue weighted by molar-refractivity contribution is 5.92. The Balaban J connectivity index is 1.47. The summed E-state index contributed by atoms with van der Waals surface area (Å²) in [5.41, 5.74) is 1.52. The molecule has 9 nitrogen and oxygen atoms in total. The third-order valence-electron chi connectivity index (χ3n) is 5.89. The molecule has 0 spiro atoms. The zero-order chi connectivity index (χ0) is 19.2. The summed E-state index contributed by atoms with van der Waals surface area (Å²) in [6.45, 7) is 7.15. The van der Waals surface area contributed by atoms with Crippen LogP contribution in [-0.4, -0.2) is 68.7 Å². The molecule has 0 radical (unpaired) electrons. The van der Waals surface area contributed by atoms with Crippen molar-refractivity contribution in [3.8, 4) is 0 Å². The molecule has 2 fully saturated rings. The number of fused-ring (bicyclic) bond motifs is 1. The van der Waals surface area contributed by atoms with Gasteiger partial charge in [0.2, 0.25) is 0 Å². The van der Waals surface area contributed by atoms with Crippen LogP contribution in [0.25, 0.3) is 0 Å². The monoisotopic (exact) mass is 373 g/mol. The normalized spacial score (nSPS) is 25.1. The fraction of sp³-hybridized carbons (Fsp3) is 0.556. The standard InChI is InChI=1S/C18H23N5O4/c1-11-14(12(2)27-21-11)7-22-5-13-6-23(9-18(13,8-22)10-24)17(26)15-3-20-16(25)4-19-15/h3-4,13,24H,5-10H2,1-2H3,(H,20,25). The number of aliphatic hydroxyl groups excluding tert-OH is 1. The number of hydrogen-bond donors (Lipinski definition) is 2. The number of H-pyrrole nitrogens is 1. The van der Waals surface area contributed by atoms with Gasteiger partial charge >= 0.3 is 0 Å². The number of aromatic nitrogens is 3. The molecule has 0 saturated carbocycles. The van der Waals surface area contributed by atoms with E-state index in [1.54, 1.807) is 4.90 Å². The van der Waals surface area contributed by atoms with Crippen molar-refractivity contribution in [3.05, 3.63) is 45.5 Å². The van der Waals surface area contributed by atoms with Crippen LogP contribution in [0, 0.1) is 25.2 Å². The number of amides is 1. The molecule has 2 aromatic rings. The molecule has 2 aliphatic heterocycles. The second-order valence-corrected chi connectivity index (χ2v) is 7.67. The fourth-order valence-electron chi connectivity index (χ4n) is 4.36. The van der Waals surface area contributed by atoms with Crippen LogP contribution in [0.1, 0.15) is 27.5 Å². The van der Waals surface area contributed by atoms with E-state index in [0.717, 1.165) is 36.3 Å². The third-order valence-corrected chi connectivity index (χ3v) is 5.89. The molecule has 0 aliphatic carbocycles. The van der Waals surface area contributed by atoms with E-state index >= 15 is 0 Å². The Kier molecular flexibility index (Phi) is 4.35. The van der Waals surface area contributed by atoms with E-state index in [2.05, 4.69) is 20.0 Å². The van der Waals surface area contributed by atoms with Crippen LogP contribution in [0.2, 0.25) is 0 Å². The minimum Gasteiger partial charge on any atom is -0.396 e. The predicted octanol–water partition coefficient (Wildman–Crippen LogP) is -0.0588. The molecule has 4 rings (SSSR count). The molecule has 4 heterocycles. The van der Waals surface area contributed by atoms with Crippen molar-refractivity contribution < 1.29 is 14.4 Å². The van der Waals surface area contributed by atoms with Crippen molar-refractivity contribution in [3.63, 3.8) is 0 Å². The van der Waals surface area contributed by atoms with E-state index in [1.165, 1.54) is 6.20 Å². The van der Waals surface area contributed by atoms with Crippen LogP contribution in [-0.2, 0) is 6.54 Å². The van der Waals surface area contributed by atoms with Gasteiger partial charge in [-0.1, -0.05) is 5.16 Å². The summed E-state index contributed by atoms with van der Waals surface area (Å²) in [5.74, 6) is 0.795. The first kappa shape index (κ1) is 17.9. The van der Waals surface area contributed by atoms with Gasteiger partial charge in [0.25, 0.3) is 11.5 Å². The summed E-state index contributed by atoms with van der Waals surface area (Å²) < 4.78 is 5.25. The van der Waals surface area contributed by atoms with Crippen LogP contribution in [0.15, 0.2) is 21.7 Å². The van der Waals surface area contributed by atoms with Gasteiger partial charge in [-0.3, -0.25) is 14.5 Å². The number of carbonyl (C=O) groups is 1. The zero-order valence-electron chi connectivity index (χ0n) is 15.4. The SMILES string of the molecule is Cc1noc(C)c1CN1CC2CN(C(=O)c3c[nH]c(=O)cn3)CC2(CO)C1. The van der Waals surface area contributed by atoms with Gasteiger partial charge in [-0.2, -0.15) is 0 Å². The maximum Gasteiger partial charge on any atom is 0.273 e. The number of aryl methyl sites for hydroxylation is 2. The Bertz CT molecular complexity index is 883. The highest BCUT2D eigenvalue weighted by atomic mass is 16.5. The number of nitrogens with one attached hydrogen (secondary N) is 1. The lowest BCUT2D eigenvalue weighted by Gasteiger charge is -2.27. The number of hydrogen-bond acceptors (Lipinski definition) is 7. The lowest BCUT2D eigenvalue weighted by molar-refractivity contribution is 0.0713. The molecule has 144 valence electrons. The van der Waals surface area contributed by atoms with Crippen molar-refractivity contribution in [1.29, 1.82) is 0 Å². The summed E-state index contributed by atoms with van der Waals surface area (Å²) in [7, 11) is 0. The predicted molar refractivity (Wildman–Crippen MR) is 95.0 cm³/mol. The molecule has 2 aliphatic rings. The van der Waals surface area contributed by atoms with E-state index < -0.39 is 0 Å². The Morgan fingerprint density at radius 1 is 1.41 bits per heavy atom. The van der Waals surface area contributed by atoms with E-state index in [4.69, 9.17) is 4.52 Å². The van der Waals surface area contributed by atoms with Gasteiger partial charge in [-0.05, 0) is 19.8 Å². The van der Waals surface area contributed by atoms with Gasteiger partial charge in [0.05, 0.1) is 18.5 Å². The van der Waals surface area contributed by atoms with Gasteiger partial charge < -0.3 is 19.5 Å². The van der Waals surface area contributed by atoms with Crippen LogP contribution < -0.4 is 5.56 Å². The molecule has 2 N–H and O–H groups in total. The van der Waals surface area contributed by atoms with Crippen molar-refractivity contribution in [2.45, 2.75) is 20.4 Å². The summed E-state index contributed by atoms with van der Waals surface area (Å²) in [4.78, 5) is 34.3. The average Bonchev–Trinajstić information content (AvgIpc) is 3.28. The number of carbonyl (C=O) groups excluding carboxylic acids is 1. The Labute approximate surface area is 156 Å². The minimum absolute atomic E-state index is 0.0264.